The van der Waals surface area contributed by atoms with Crippen LogP contribution in [0.1, 0.15) is 68.5 Å². The van der Waals surface area contributed by atoms with Crippen molar-refractivity contribution in [3.63, 3.8) is 0 Å². The molecule has 7 nitrogen and oxygen atoms in total. The van der Waals surface area contributed by atoms with Gasteiger partial charge in [0.1, 0.15) is 11.5 Å². The number of aryl methyl sites for hydroxylation is 1. The molecule has 1 saturated heterocycles. The summed E-state index contributed by atoms with van der Waals surface area (Å²) >= 11 is 0. The fourth-order valence-corrected chi connectivity index (χ4v) is 5.00. The highest BCUT2D eigenvalue weighted by atomic mass is 16.5. The molecular formula is C34H37NO6. The summed E-state index contributed by atoms with van der Waals surface area (Å²) in [5.74, 6) is -1.80. The molecule has 0 radical (unpaired) electrons. The molecule has 0 bridgehead atoms. The molecule has 1 amide bonds. The topological polar surface area (TPSA) is 93.1 Å². The quantitative estimate of drug-likeness (QED) is 0.157. The van der Waals surface area contributed by atoms with Gasteiger partial charge in [-0.2, -0.15) is 0 Å². The summed E-state index contributed by atoms with van der Waals surface area (Å²) in [5.41, 5.74) is 3.84. The summed E-state index contributed by atoms with van der Waals surface area (Å²) in [6, 6.07) is 19.0. The van der Waals surface area contributed by atoms with Gasteiger partial charge in [0.2, 0.25) is 0 Å². The lowest BCUT2D eigenvalue weighted by Gasteiger charge is -2.26. The molecule has 1 aliphatic heterocycles. The maximum atomic E-state index is 13.7. The number of amides is 1. The van der Waals surface area contributed by atoms with Gasteiger partial charge in [0, 0.05) is 5.69 Å². The molecule has 0 aromatic heterocycles. The number of benzene rings is 3. The van der Waals surface area contributed by atoms with Crippen LogP contribution in [0, 0.1) is 6.92 Å². The monoisotopic (exact) mass is 555 g/mol. The lowest BCUT2D eigenvalue weighted by atomic mass is 9.85. The molecule has 1 N–H and O–H groups in total. The summed E-state index contributed by atoms with van der Waals surface area (Å²) in [6.45, 7) is 11.7. The van der Waals surface area contributed by atoms with Gasteiger partial charge in [-0.15, -0.1) is 0 Å². The number of esters is 1. The van der Waals surface area contributed by atoms with E-state index < -0.39 is 17.7 Å². The summed E-state index contributed by atoms with van der Waals surface area (Å²) < 4.78 is 10.8. The number of carbonyl (C=O) groups excluding carboxylic acids is 3. The lowest BCUT2D eigenvalue weighted by Crippen LogP contribution is -2.29. The SMILES string of the molecule is COc1ccc(C(C)(C)C)cc1/C(O)=C1\C(=O)C(=O)N(c2ccc(CC(=O)OC(C)C)cc2)C1c1cccc(C)c1. The van der Waals surface area contributed by atoms with Gasteiger partial charge >= 0.3 is 5.97 Å². The van der Waals surface area contributed by atoms with Crippen LogP contribution in [0.25, 0.3) is 5.76 Å². The van der Waals surface area contributed by atoms with Gasteiger partial charge in [-0.05, 0) is 67.1 Å². The molecular weight excluding hydrogens is 518 g/mol. The molecule has 4 rings (SSSR count). The van der Waals surface area contributed by atoms with Crippen LogP contribution in [0.2, 0.25) is 0 Å². The number of anilines is 1. The Morgan fingerprint density at radius 1 is 1.00 bits per heavy atom. The zero-order valence-corrected chi connectivity index (χ0v) is 24.6. The van der Waals surface area contributed by atoms with Crippen LogP contribution in [0.5, 0.6) is 5.75 Å². The Kier molecular flexibility index (Phi) is 8.38. The minimum Gasteiger partial charge on any atom is -0.507 e. The van der Waals surface area contributed by atoms with Crippen molar-refractivity contribution in [2.24, 2.45) is 0 Å². The molecule has 3 aromatic rings. The number of nitrogens with zero attached hydrogens (tertiary/aromatic N) is 1. The number of Topliss-reactive ketones (excluding diaryl/α,β-unsaturated/α-hetero) is 1. The van der Waals surface area contributed by atoms with Crippen molar-refractivity contribution in [3.05, 3.63) is 100 Å². The number of ether oxygens (including phenoxy) is 2. The fourth-order valence-electron chi connectivity index (χ4n) is 5.00. The third kappa shape index (κ3) is 6.19. The fraction of sp³-hybridized carbons (Fsp3) is 0.324. The van der Waals surface area contributed by atoms with Gasteiger partial charge in [-0.1, -0.05) is 68.8 Å². The van der Waals surface area contributed by atoms with Crippen LogP contribution in [-0.4, -0.2) is 36.0 Å². The predicted molar refractivity (Wildman–Crippen MR) is 159 cm³/mol. The van der Waals surface area contributed by atoms with E-state index in [2.05, 4.69) is 20.8 Å². The third-order valence-electron chi connectivity index (χ3n) is 7.05. The van der Waals surface area contributed by atoms with E-state index in [0.29, 0.717) is 28.1 Å². The second-order valence-electron chi connectivity index (χ2n) is 11.6. The van der Waals surface area contributed by atoms with Gasteiger partial charge in [0.15, 0.2) is 0 Å². The van der Waals surface area contributed by atoms with Crippen molar-refractivity contribution in [2.45, 2.75) is 65.5 Å². The van der Waals surface area contributed by atoms with Crippen molar-refractivity contribution >= 4 is 29.1 Å². The van der Waals surface area contributed by atoms with Crippen LogP contribution in [-0.2, 0) is 31.0 Å². The maximum absolute atomic E-state index is 13.7. The van der Waals surface area contributed by atoms with Gasteiger partial charge in [-0.25, -0.2) is 0 Å². The highest BCUT2D eigenvalue weighted by molar-refractivity contribution is 6.51. The molecule has 3 aromatic carbocycles. The van der Waals surface area contributed by atoms with E-state index >= 15 is 0 Å². The number of ketones is 1. The number of methoxy groups -OCH3 is 1. The van der Waals surface area contributed by atoms with Gasteiger partial charge in [0.05, 0.1) is 36.8 Å². The number of carbonyl (C=O) groups is 3. The maximum Gasteiger partial charge on any atom is 0.310 e. The number of aliphatic hydroxyl groups is 1. The molecule has 1 aliphatic rings. The molecule has 1 fully saturated rings. The highest BCUT2D eigenvalue weighted by Gasteiger charge is 2.47. The predicted octanol–water partition coefficient (Wildman–Crippen LogP) is 6.42. The van der Waals surface area contributed by atoms with Crippen molar-refractivity contribution in [1.82, 2.24) is 0 Å². The van der Waals surface area contributed by atoms with Crippen LogP contribution in [0.4, 0.5) is 5.69 Å². The average molecular weight is 556 g/mol. The molecule has 1 heterocycles. The minimum atomic E-state index is -0.880. The standard InChI is InChI=1S/C34H37NO6/c1-20(2)41-28(36)18-22-11-14-25(15-12-22)35-30(23-10-8-9-21(3)17-23)29(32(38)33(35)39)31(37)26-19-24(34(4,5)6)13-16-27(26)40-7/h8-17,19-20,30,37H,18H2,1-7H3/b31-29+. The molecule has 7 heteroatoms. The van der Waals surface area contributed by atoms with Gasteiger partial charge in [0.25, 0.3) is 11.7 Å². The number of aliphatic hydroxyl groups excluding tert-OH is 1. The zero-order chi connectivity index (χ0) is 30.1. The third-order valence-corrected chi connectivity index (χ3v) is 7.05. The Hall–Kier alpha value is -4.39. The molecule has 1 unspecified atom stereocenters. The first-order valence-electron chi connectivity index (χ1n) is 13.7. The lowest BCUT2D eigenvalue weighted by molar-refractivity contribution is -0.146. The van der Waals surface area contributed by atoms with Crippen molar-refractivity contribution in [1.29, 1.82) is 0 Å². The number of rotatable bonds is 7. The van der Waals surface area contributed by atoms with E-state index in [-0.39, 0.29) is 35.2 Å². The van der Waals surface area contributed by atoms with E-state index in [1.807, 2.05) is 37.3 Å². The summed E-state index contributed by atoms with van der Waals surface area (Å²) in [7, 11) is 1.50. The Labute approximate surface area is 241 Å². The van der Waals surface area contributed by atoms with E-state index in [0.717, 1.165) is 11.1 Å². The first kappa shape index (κ1) is 29.6. The summed E-state index contributed by atoms with van der Waals surface area (Å²) in [4.78, 5) is 40.8. The van der Waals surface area contributed by atoms with E-state index in [9.17, 15) is 19.5 Å². The molecule has 0 aliphatic carbocycles. The Bertz CT molecular complexity index is 1510. The van der Waals surface area contributed by atoms with Crippen molar-refractivity contribution < 1.29 is 29.0 Å². The van der Waals surface area contributed by atoms with Crippen LogP contribution >= 0.6 is 0 Å². The Morgan fingerprint density at radius 2 is 1.68 bits per heavy atom. The second-order valence-corrected chi connectivity index (χ2v) is 11.6. The number of hydrogen-bond donors (Lipinski definition) is 1. The largest absolute Gasteiger partial charge is 0.507 e. The Balaban J connectivity index is 1.86. The van der Waals surface area contributed by atoms with Crippen molar-refractivity contribution in [2.75, 3.05) is 12.0 Å². The number of hydrogen-bond acceptors (Lipinski definition) is 6. The van der Waals surface area contributed by atoms with E-state index in [1.165, 1.54) is 12.0 Å². The van der Waals surface area contributed by atoms with Crippen LogP contribution in [0.15, 0.2) is 72.3 Å². The summed E-state index contributed by atoms with van der Waals surface area (Å²) in [5, 5.41) is 11.7. The minimum absolute atomic E-state index is 0.0189. The van der Waals surface area contributed by atoms with Gasteiger partial charge in [-0.3, -0.25) is 19.3 Å². The van der Waals surface area contributed by atoms with Gasteiger partial charge < -0.3 is 14.6 Å². The van der Waals surface area contributed by atoms with E-state index in [1.54, 1.807) is 50.2 Å². The molecule has 0 spiro atoms. The smallest absolute Gasteiger partial charge is 0.310 e. The first-order chi connectivity index (χ1) is 19.3. The molecule has 1 atom stereocenters. The second kappa shape index (κ2) is 11.6. The molecule has 214 valence electrons. The molecule has 0 saturated carbocycles. The Morgan fingerprint density at radius 3 is 2.27 bits per heavy atom. The van der Waals surface area contributed by atoms with E-state index in [4.69, 9.17) is 9.47 Å². The van der Waals surface area contributed by atoms with Crippen molar-refractivity contribution in [3.8, 4) is 5.75 Å². The summed E-state index contributed by atoms with van der Waals surface area (Å²) in [6.07, 6.45) is -0.131. The highest BCUT2D eigenvalue weighted by Crippen LogP contribution is 2.44. The average Bonchev–Trinajstić information content (AvgIpc) is 3.17. The van der Waals surface area contributed by atoms with Crippen LogP contribution < -0.4 is 9.64 Å². The zero-order valence-electron chi connectivity index (χ0n) is 24.6. The first-order valence-corrected chi connectivity index (χ1v) is 13.7. The molecule has 41 heavy (non-hydrogen) atoms. The normalized spacial score (nSPS) is 16.8. The van der Waals surface area contributed by atoms with Crippen LogP contribution in [0.3, 0.4) is 0 Å².